The molecule has 3 unspecified atom stereocenters. The van der Waals surface area contributed by atoms with Crippen molar-refractivity contribution in [3.8, 4) is 11.1 Å². The number of hydrogen-bond acceptors (Lipinski definition) is 8. The second kappa shape index (κ2) is 15.2. The summed E-state index contributed by atoms with van der Waals surface area (Å²) in [6.07, 6.45) is 0.805. The van der Waals surface area contributed by atoms with Crippen LogP contribution in [-0.2, 0) is 32.6 Å². The molecule has 1 aromatic heterocycles. The lowest BCUT2D eigenvalue weighted by Gasteiger charge is -2.36. The number of carboxylic acid groups (broad SMARTS) is 1. The molecule has 2 heterocycles. The lowest BCUT2D eigenvalue weighted by atomic mass is 9.99. The van der Waals surface area contributed by atoms with E-state index in [0.717, 1.165) is 33.4 Å². The summed E-state index contributed by atoms with van der Waals surface area (Å²) in [6.45, 7) is 0.0786. The van der Waals surface area contributed by atoms with Crippen LogP contribution in [-0.4, -0.2) is 41.4 Å². The lowest BCUT2D eigenvalue weighted by Crippen LogP contribution is -2.31. The van der Waals surface area contributed by atoms with E-state index < -0.39 is 22.3 Å². The molecule has 3 atom stereocenters. The van der Waals surface area contributed by atoms with Gasteiger partial charge in [-0.2, -0.15) is 0 Å². The molecule has 1 aliphatic heterocycles. The highest BCUT2D eigenvalue weighted by molar-refractivity contribution is 7.99. The number of benzene rings is 4. The van der Waals surface area contributed by atoms with E-state index in [1.807, 2.05) is 72.8 Å². The van der Waals surface area contributed by atoms with Crippen LogP contribution in [0.15, 0.2) is 131 Å². The zero-order valence-corrected chi connectivity index (χ0v) is 27.4. The van der Waals surface area contributed by atoms with Crippen molar-refractivity contribution in [1.82, 2.24) is 9.71 Å². The van der Waals surface area contributed by atoms with Crippen molar-refractivity contribution < 1.29 is 32.9 Å². The molecular weight excluding hydrogens is 649 g/mol. The predicted molar refractivity (Wildman–Crippen MR) is 183 cm³/mol. The van der Waals surface area contributed by atoms with Crippen LogP contribution >= 0.6 is 11.8 Å². The number of nitrogens with one attached hydrogen (secondary N) is 1. The summed E-state index contributed by atoms with van der Waals surface area (Å²) in [5.41, 5.74) is 5.32. The Labute approximate surface area is 283 Å². The lowest BCUT2D eigenvalue weighted by molar-refractivity contribution is -0.245. The standard InChI is InChI=1S/C37H34N2O7S2/c40-23-25-14-16-27(17-15-25)34-21-31(24-47-35-33(36(41)42)13-6-18-38-35)45-37(46-34)30-10-5-9-29(20-30)28-8-4-7-26(19-28)22-39-48(43,44)32-11-2-1-3-12-32/h1-20,31,34,37,39-40H,21-24H2,(H,41,42). The molecule has 9 nitrogen and oxygen atoms in total. The predicted octanol–water partition coefficient (Wildman–Crippen LogP) is 6.76. The normalized spacial score (nSPS) is 18.0. The van der Waals surface area contributed by atoms with Crippen LogP contribution in [0.5, 0.6) is 0 Å². The van der Waals surface area contributed by atoms with Gasteiger partial charge in [-0.1, -0.05) is 78.9 Å². The van der Waals surface area contributed by atoms with Crippen LogP contribution in [0.25, 0.3) is 11.1 Å². The third-order valence-electron chi connectivity index (χ3n) is 7.96. The molecule has 48 heavy (non-hydrogen) atoms. The van der Waals surface area contributed by atoms with Crippen molar-refractivity contribution in [1.29, 1.82) is 0 Å². The van der Waals surface area contributed by atoms with E-state index in [1.165, 1.54) is 17.8 Å². The Morgan fingerprint density at radius 2 is 1.58 bits per heavy atom. The number of pyridine rings is 1. The van der Waals surface area contributed by atoms with E-state index >= 15 is 0 Å². The quantitative estimate of drug-likeness (QED) is 0.122. The minimum Gasteiger partial charge on any atom is -0.478 e. The Morgan fingerprint density at radius 3 is 2.33 bits per heavy atom. The number of carbonyl (C=O) groups is 1. The number of aliphatic hydroxyl groups is 1. The topological polar surface area (TPSA) is 135 Å². The van der Waals surface area contributed by atoms with Crippen molar-refractivity contribution >= 4 is 27.8 Å². The van der Waals surface area contributed by atoms with E-state index in [4.69, 9.17) is 9.47 Å². The van der Waals surface area contributed by atoms with E-state index in [-0.39, 0.29) is 35.8 Å². The van der Waals surface area contributed by atoms with Crippen molar-refractivity contribution in [2.75, 3.05) is 5.75 Å². The van der Waals surface area contributed by atoms with Gasteiger partial charge in [0.1, 0.15) is 5.03 Å². The Bertz CT molecular complexity index is 1970. The molecular formula is C37H34N2O7S2. The first-order valence-electron chi connectivity index (χ1n) is 15.3. The van der Waals surface area contributed by atoms with Gasteiger partial charge in [0.25, 0.3) is 0 Å². The Hall–Kier alpha value is -4.36. The number of rotatable bonds is 12. The highest BCUT2D eigenvalue weighted by Gasteiger charge is 2.33. The zero-order chi connectivity index (χ0) is 33.5. The average Bonchev–Trinajstić information content (AvgIpc) is 3.13. The highest BCUT2D eigenvalue weighted by atomic mass is 32.2. The molecule has 246 valence electrons. The van der Waals surface area contributed by atoms with Gasteiger partial charge in [0.2, 0.25) is 10.0 Å². The van der Waals surface area contributed by atoms with Crippen LogP contribution in [0, 0.1) is 0 Å². The number of nitrogens with zero attached hydrogens (tertiary/aromatic N) is 1. The Morgan fingerprint density at radius 1 is 0.833 bits per heavy atom. The third-order valence-corrected chi connectivity index (χ3v) is 10.5. The summed E-state index contributed by atoms with van der Waals surface area (Å²) >= 11 is 1.33. The molecule has 1 aliphatic rings. The summed E-state index contributed by atoms with van der Waals surface area (Å²) in [5, 5.41) is 19.6. The maximum absolute atomic E-state index is 12.8. The monoisotopic (exact) mass is 682 g/mol. The molecule has 6 rings (SSSR count). The zero-order valence-electron chi connectivity index (χ0n) is 25.8. The smallest absolute Gasteiger partial charge is 0.338 e. The second-order valence-electron chi connectivity index (χ2n) is 11.3. The van der Waals surface area contributed by atoms with Gasteiger partial charge in [-0.25, -0.2) is 22.9 Å². The third kappa shape index (κ3) is 8.19. The van der Waals surface area contributed by atoms with Crippen molar-refractivity contribution in [2.24, 2.45) is 0 Å². The van der Waals surface area contributed by atoms with Crippen LogP contribution in [0.2, 0.25) is 0 Å². The van der Waals surface area contributed by atoms with Crippen LogP contribution in [0.1, 0.15) is 51.4 Å². The average molecular weight is 683 g/mol. The van der Waals surface area contributed by atoms with Crippen LogP contribution < -0.4 is 4.72 Å². The van der Waals surface area contributed by atoms with E-state index in [0.29, 0.717) is 17.2 Å². The van der Waals surface area contributed by atoms with Gasteiger partial charge in [-0.3, -0.25) is 0 Å². The van der Waals surface area contributed by atoms with Crippen LogP contribution in [0.3, 0.4) is 0 Å². The Balaban J connectivity index is 1.22. The minimum atomic E-state index is -3.65. The van der Waals surface area contributed by atoms with E-state index in [1.54, 1.807) is 42.6 Å². The van der Waals surface area contributed by atoms with Gasteiger partial charge in [-0.05, 0) is 64.2 Å². The molecule has 0 spiro atoms. The van der Waals surface area contributed by atoms with Gasteiger partial charge >= 0.3 is 5.97 Å². The maximum atomic E-state index is 12.8. The molecule has 0 bridgehead atoms. The van der Waals surface area contributed by atoms with Gasteiger partial charge in [0.15, 0.2) is 6.29 Å². The van der Waals surface area contributed by atoms with Crippen LogP contribution in [0.4, 0.5) is 0 Å². The molecule has 5 aromatic rings. The molecule has 4 aromatic carbocycles. The fourth-order valence-corrected chi connectivity index (χ4v) is 7.49. The summed E-state index contributed by atoms with van der Waals surface area (Å²) in [4.78, 5) is 16.3. The second-order valence-corrected chi connectivity index (χ2v) is 14.1. The fourth-order valence-electron chi connectivity index (χ4n) is 5.45. The summed E-state index contributed by atoms with van der Waals surface area (Å²) in [5.74, 6) is -0.573. The first kappa shape index (κ1) is 33.5. The van der Waals surface area contributed by atoms with E-state index in [9.17, 15) is 23.4 Å². The van der Waals surface area contributed by atoms with E-state index in [2.05, 4.69) is 9.71 Å². The number of thioether (sulfide) groups is 1. The number of aromatic nitrogens is 1. The largest absolute Gasteiger partial charge is 0.478 e. The molecule has 0 amide bonds. The number of ether oxygens (including phenoxy) is 2. The number of carboxylic acids is 1. The van der Waals surface area contributed by atoms with Crippen molar-refractivity contribution in [2.45, 2.75) is 48.0 Å². The summed E-state index contributed by atoms with van der Waals surface area (Å²) < 4.78 is 41.2. The summed E-state index contributed by atoms with van der Waals surface area (Å²) in [7, 11) is -3.65. The molecule has 3 N–H and O–H groups in total. The number of aliphatic hydroxyl groups excluding tert-OH is 1. The Kier molecular flexibility index (Phi) is 10.7. The summed E-state index contributed by atoms with van der Waals surface area (Å²) in [6, 6.07) is 34.6. The minimum absolute atomic E-state index is 0.0559. The molecule has 1 saturated heterocycles. The highest BCUT2D eigenvalue weighted by Crippen LogP contribution is 2.40. The SMILES string of the molecule is O=C(O)c1cccnc1SCC1CC(c2ccc(CO)cc2)OC(c2cccc(-c3cccc(CNS(=O)(=O)c4ccccc4)c3)c2)O1. The number of aromatic carboxylic acids is 1. The number of hydrogen-bond donors (Lipinski definition) is 3. The molecule has 1 fully saturated rings. The fraction of sp³-hybridized carbons (Fsp3) is 0.189. The molecule has 11 heteroatoms. The first-order valence-corrected chi connectivity index (χ1v) is 17.8. The maximum Gasteiger partial charge on any atom is 0.338 e. The van der Waals surface area contributed by atoms with Gasteiger partial charge in [-0.15, -0.1) is 11.8 Å². The van der Waals surface area contributed by atoms with Crippen molar-refractivity contribution in [3.05, 3.63) is 149 Å². The van der Waals surface area contributed by atoms with Gasteiger partial charge < -0.3 is 19.7 Å². The molecule has 0 radical (unpaired) electrons. The van der Waals surface area contributed by atoms with Gasteiger partial charge in [0, 0.05) is 30.5 Å². The van der Waals surface area contributed by atoms with Crippen molar-refractivity contribution in [3.63, 3.8) is 0 Å². The molecule has 0 aliphatic carbocycles. The molecule has 0 saturated carbocycles. The number of sulfonamides is 1. The first-order chi connectivity index (χ1) is 23.3. The van der Waals surface area contributed by atoms with Gasteiger partial charge in [0.05, 0.1) is 29.3 Å².